The van der Waals surface area contributed by atoms with E-state index in [1.54, 1.807) is 24.4 Å². The number of ketones is 1. The van der Waals surface area contributed by atoms with Crippen LogP contribution in [0.15, 0.2) is 48.7 Å². The van der Waals surface area contributed by atoms with Crippen LogP contribution >= 0.6 is 0 Å². The van der Waals surface area contributed by atoms with Crippen molar-refractivity contribution in [1.29, 1.82) is 0 Å². The molecule has 0 aliphatic heterocycles. The van der Waals surface area contributed by atoms with Crippen LogP contribution in [-0.4, -0.2) is 29.3 Å². The summed E-state index contributed by atoms with van der Waals surface area (Å²) in [6.07, 6.45) is 2.70. The minimum atomic E-state index is -0.239. The average Bonchev–Trinajstić information content (AvgIpc) is 3.01. The van der Waals surface area contributed by atoms with E-state index in [1.165, 1.54) is 11.6 Å². The lowest BCUT2D eigenvalue weighted by atomic mass is 10.0. The van der Waals surface area contributed by atoms with Crippen molar-refractivity contribution in [3.05, 3.63) is 71.2 Å². The van der Waals surface area contributed by atoms with Crippen molar-refractivity contribution in [3.8, 4) is 0 Å². The molecule has 1 heterocycles. The van der Waals surface area contributed by atoms with Gasteiger partial charge in [-0.15, -0.1) is 0 Å². The third-order valence-corrected chi connectivity index (χ3v) is 4.29. The number of hydrogen-bond acceptors (Lipinski definition) is 2. The fraction of sp³-hybridized carbons (Fsp3) is 0.250. The lowest BCUT2D eigenvalue weighted by Crippen LogP contribution is -2.26. The number of benzene rings is 2. The highest BCUT2D eigenvalue weighted by Gasteiger charge is 2.16. The number of H-pyrrole nitrogens is 1. The van der Waals surface area contributed by atoms with E-state index in [-0.39, 0.29) is 18.1 Å². The molecule has 0 spiro atoms. The van der Waals surface area contributed by atoms with Gasteiger partial charge >= 0.3 is 0 Å². The van der Waals surface area contributed by atoms with Gasteiger partial charge in [0.2, 0.25) is 0 Å². The van der Waals surface area contributed by atoms with Gasteiger partial charge in [-0.1, -0.05) is 43.3 Å². The van der Waals surface area contributed by atoms with Gasteiger partial charge in [-0.25, -0.2) is 4.39 Å². The molecule has 0 radical (unpaired) electrons. The maximum atomic E-state index is 13.7. The first-order chi connectivity index (χ1) is 11.6. The third kappa shape index (κ3) is 3.24. The Bertz CT molecular complexity index is 869. The van der Waals surface area contributed by atoms with Gasteiger partial charge in [0.05, 0.1) is 6.54 Å². The number of nitrogens with zero attached hydrogens (tertiary/aromatic N) is 1. The number of aromatic nitrogens is 1. The van der Waals surface area contributed by atoms with Crippen LogP contribution in [0.3, 0.4) is 0 Å². The summed E-state index contributed by atoms with van der Waals surface area (Å²) in [4.78, 5) is 17.7. The summed E-state index contributed by atoms with van der Waals surface area (Å²) in [7, 11) is 1.83. The number of Topliss-reactive ketones (excluding diaryl/α,β-unsaturated/α-hetero) is 1. The maximum Gasteiger partial charge on any atom is 0.178 e. The number of likely N-dealkylation sites (N-methyl/N-ethyl adjacent to an activating group) is 1. The minimum Gasteiger partial charge on any atom is -0.360 e. The second-order valence-corrected chi connectivity index (χ2v) is 6.08. The van der Waals surface area contributed by atoms with Crippen LogP contribution in [0, 0.1) is 5.82 Å². The van der Waals surface area contributed by atoms with E-state index in [0.29, 0.717) is 17.7 Å². The second kappa shape index (κ2) is 6.97. The average molecular weight is 324 g/mol. The molecule has 3 rings (SSSR count). The van der Waals surface area contributed by atoms with Gasteiger partial charge < -0.3 is 4.98 Å². The van der Waals surface area contributed by atoms with E-state index in [1.807, 2.05) is 24.1 Å². The molecule has 124 valence electrons. The molecule has 2 aromatic carbocycles. The van der Waals surface area contributed by atoms with Gasteiger partial charge in [-0.05, 0) is 25.1 Å². The Morgan fingerprint density at radius 3 is 2.62 bits per heavy atom. The lowest BCUT2D eigenvalue weighted by molar-refractivity contribution is 0.0944. The van der Waals surface area contributed by atoms with Gasteiger partial charge in [0, 0.05) is 34.8 Å². The number of carbonyl (C=O) groups excluding carboxylic acids is 1. The molecule has 0 bridgehead atoms. The smallest absolute Gasteiger partial charge is 0.178 e. The van der Waals surface area contributed by atoms with Crippen LogP contribution in [0.25, 0.3) is 10.9 Å². The molecule has 0 aliphatic rings. The van der Waals surface area contributed by atoms with Crippen molar-refractivity contribution in [2.75, 3.05) is 13.6 Å². The minimum absolute atomic E-state index is 0.0355. The molecule has 0 amide bonds. The van der Waals surface area contributed by atoms with E-state index in [9.17, 15) is 9.18 Å². The highest BCUT2D eigenvalue weighted by Crippen LogP contribution is 2.23. The van der Waals surface area contributed by atoms with Crippen LogP contribution in [0.2, 0.25) is 0 Å². The molecule has 0 aliphatic carbocycles. The molecule has 24 heavy (non-hydrogen) atoms. The predicted octanol–water partition coefficient (Wildman–Crippen LogP) is 4.18. The van der Waals surface area contributed by atoms with Crippen LogP contribution < -0.4 is 0 Å². The van der Waals surface area contributed by atoms with Gasteiger partial charge in [-0.2, -0.15) is 0 Å². The number of halogens is 1. The standard InChI is InChI=1S/C20H21FN2O/c1-3-14-8-6-9-16-17(11-22-20(14)16)19(24)13-23(2)12-15-7-4-5-10-18(15)21/h4-11,22H,3,12-13H2,1-2H3. The van der Waals surface area contributed by atoms with Crippen LogP contribution in [0.4, 0.5) is 4.39 Å². The molecule has 4 heteroatoms. The monoisotopic (exact) mass is 324 g/mol. The molecule has 0 unspecified atom stereocenters. The fourth-order valence-corrected chi connectivity index (χ4v) is 3.05. The summed E-state index contributed by atoms with van der Waals surface area (Å²) in [6, 6.07) is 12.7. The van der Waals surface area contributed by atoms with E-state index in [2.05, 4.69) is 18.0 Å². The number of carbonyl (C=O) groups is 1. The number of nitrogens with one attached hydrogen (secondary N) is 1. The van der Waals surface area contributed by atoms with Crippen molar-refractivity contribution in [3.63, 3.8) is 0 Å². The molecule has 0 saturated heterocycles. The van der Waals surface area contributed by atoms with Crippen LogP contribution in [0.5, 0.6) is 0 Å². The topological polar surface area (TPSA) is 36.1 Å². The maximum absolute atomic E-state index is 13.7. The molecule has 0 saturated carbocycles. The molecule has 3 aromatic rings. The number of aromatic amines is 1. The Kier molecular flexibility index (Phi) is 4.76. The molecule has 1 N–H and O–H groups in total. The summed E-state index contributed by atoms with van der Waals surface area (Å²) in [5.41, 5.74) is 3.52. The van der Waals surface area contributed by atoms with Gasteiger partial charge in [0.1, 0.15) is 5.82 Å². The Labute approximate surface area is 141 Å². The normalized spacial score (nSPS) is 11.3. The molecular weight excluding hydrogens is 303 g/mol. The van der Waals surface area contributed by atoms with Gasteiger partial charge in [0.25, 0.3) is 0 Å². The summed E-state index contributed by atoms with van der Waals surface area (Å²) >= 11 is 0. The third-order valence-electron chi connectivity index (χ3n) is 4.29. The van der Waals surface area contributed by atoms with Crippen LogP contribution in [-0.2, 0) is 13.0 Å². The Balaban J connectivity index is 1.77. The molecule has 1 aromatic heterocycles. The highest BCUT2D eigenvalue weighted by atomic mass is 19.1. The Hall–Kier alpha value is -2.46. The number of rotatable bonds is 6. The molecule has 0 fully saturated rings. The number of hydrogen-bond donors (Lipinski definition) is 1. The number of fused-ring (bicyclic) bond motifs is 1. The van der Waals surface area contributed by atoms with E-state index >= 15 is 0 Å². The molecule has 0 atom stereocenters. The molecular formula is C20H21FN2O. The summed E-state index contributed by atoms with van der Waals surface area (Å²) in [5.74, 6) is -0.204. The van der Waals surface area contributed by atoms with E-state index in [0.717, 1.165) is 17.3 Å². The Morgan fingerprint density at radius 2 is 1.88 bits per heavy atom. The Morgan fingerprint density at radius 1 is 1.12 bits per heavy atom. The number of aryl methyl sites for hydroxylation is 1. The zero-order chi connectivity index (χ0) is 17.1. The quantitative estimate of drug-likeness (QED) is 0.690. The van der Waals surface area contributed by atoms with Gasteiger partial charge in [0.15, 0.2) is 5.78 Å². The van der Waals surface area contributed by atoms with Crippen molar-refractivity contribution in [1.82, 2.24) is 9.88 Å². The van der Waals surface area contributed by atoms with Crippen molar-refractivity contribution in [2.24, 2.45) is 0 Å². The van der Waals surface area contributed by atoms with Gasteiger partial charge in [-0.3, -0.25) is 9.69 Å². The zero-order valence-corrected chi connectivity index (χ0v) is 14.0. The SMILES string of the molecule is CCc1cccc2c(C(=O)CN(C)Cc3ccccc3F)c[nH]c12. The number of para-hydroxylation sites is 1. The predicted molar refractivity (Wildman–Crippen MR) is 94.7 cm³/mol. The highest BCUT2D eigenvalue weighted by molar-refractivity contribution is 6.09. The summed E-state index contributed by atoms with van der Waals surface area (Å²) < 4.78 is 13.7. The van der Waals surface area contributed by atoms with Crippen molar-refractivity contribution in [2.45, 2.75) is 19.9 Å². The largest absolute Gasteiger partial charge is 0.360 e. The summed E-state index contributed by atoms with van der Waals surface area (Å²) in [5, 5.41) is 0.957. The zero-order valence-electron chi connectivity index (χ0n) is 14.0. The summed E-state index contributed by atoms with van der Waals surface area (Å²) in [6.45, 7) is 2.75. The first-order valence-electron chi connectivity index (χ1n) is 8.14. The lowest BCUT2D eigenvalue weighted by Gasteiger charge is -2.16. The van der Waals surface area contributed by atoms with Crippen LogP contribution in [0.1, 0.15) is 28.4 Å². The van der Waals surface area contributed by atoms with E-state index in [4.69, 9.17) is 0 Å². The van der Waals surface area contributed by atoms with Crippen molar-refractivity contribution >= 4 is 16.7 Å². The fourth-order valence-electron chi connectivity index (χ4n) is 3.05. The molecule has 3 nitrogen and oxygen atoms in total. The van der Waals surface area contributed by atoms with E-state index < -0.39 is 0 Å². The first-order valence-corrected chi connectivity index (χ1v) is 8.14. The first kappa shape index (κ1) is 16.4. The second-order valence-electron chi connectivity index (χ2n) is 6.08. The van der Waals surface area contributed by atoms with Crippen molar-refractivity contribution < 1.29 is 9.18 Å².